The van der Waals surface area contributed by atoms with Gasteiger partial charge in [-0.15, -0.1) is 0 Å². The van der Waals surface area contributed by atoms with Gasteiger partial charge in [0.2, 0.25) is 17.8 Å². The summed E-state index contributed by atoms with van der Waals surface area (Å²) < 4.78 is 0. The number of anilines is 1. The van der Waals surface area contributed by atoms with E-state index in [0.717, 1.165) is 22.0 Å². The summed E-state index contributed by atoms with van der Waals surface area (Å²) in [6.07, 6.45) is 3.79. The number of aromatic nitrogens is 4. The lowest BCUT2D eigenvalue weighted by Gasteiger charge is -2.15. The highest BCUT2D eigenvalue weighted by molar-refractivity contribution is 6.21. The Hall–Kier alpha value is -4.41. The number of benzene rings is 1. The molecule has 3 aromatic rings. The number of aromatic amines is 1. The van der Waals surface area contributed by atoms with Crippen LogP contribution in [0.3, 0.4) is 0 Å². The molecular weight excluding hydrogens is 436 g/mol. The molecule has 174 valence electrons. The van der Waals surface area contributed by atoms with Gasteiger partial charge >= 0.3 is 0 Å². The SMILES string of the molecule is Cc1cc(C)nc(NC(=NCCc2cnc[nH]2)NC(=O)CCN2C(=O)c3ccccc3C2=O)n1. The molecule has 0 atom stereocenters. The number of hydrogen-bond acceptors (Lipinski definition) is 7. The number of carbonyl (C=O) groups is 3. The number of nitrogens with one attached hydrogen (secondary N) is 3. The van der Waals surface area contributed by atoms with Gasteiger partial charge in [0.05, 0.1) is 17.5 Å². The summed E-state index contributed by atoms with van der Waals surface area (Å²) in [5, 5.41) is 5.66. The van der Waals surface area contributed by atoms with Gasteiger partial charge in [-0.25, -0.2) is 15.0 Å². The van der Waals surface area contributed by atoms with Crippen LogP contribution in [-0.2, 0) is 11.2 Å². The molecule has 0 unspecified atom stereocenters. The van der Waals surface area contributed by atoms with Gasteiger partial charge in [0.25, 0.3) is 11.8 Å². The topological polar surface area (TPSA) is 145 Å². The van der Waals surface area contributed by atoms with E-state index < -0.39 is 17.7 Å². The maximum Gasteiger partial charge on any atom is 0.261 e. The largest absolute Gasteiger partial charge is 0.348 e. The average Bonchev–Trinajstić information content (AvgIpc) is 3.39. The van der Waals surface area contributed by atoms with E-state index in [1.807, 2.05) is 19.9 Å². The summed E-state index contributed by atoms with van der Waals surface area (Å²) in [5.74, 6) is -0.726. The van der Waals surface area contributed by atoms with Crippen molar-refractivity contribution in [2.45, 2.75) is 26.7 Å². The molecule has 0 radical (unpaired) electrons. The van der Waals surface area contributed by atoms with Crippen LogP contribution >= 0.6 is 0 Å². The summed E-state index contributed by atoms with van der Waals surface area (Å²) in [5.41, 5.74) is 3.14. The highest BCUT2D eigenvalue weighted by Gasteiger charge is 2.35. The Morgan fingerprint density at radius 2 is 1.76 bits per heavy atom. The van der Waals surface area contributed by atoms with Crippen molar-refractivity contribution in [2.75, 3.05) is 18.4 Å². The summed E-state index contributed by atoms with van der Waals surface area (Å²) in [7, 11) is 0. The van der Waals surface area contributed by atoms with E-state index in [0.29, 0.717) is 30.0 Å². The van der Waals surface area contributed by atoms with Crippen LogP contribution in [0.5, 0.6) is 0 Å². The normalized spacial score (nSPS) is 13.2. The molecule has 0 spiro atoms. The quantitative estimate of drug-likeness (QED) is 0.276. The lowest BCUT2D eigenvalue weighted by atomic mass is 10.1. The second-order valence-corrected chi connectivity index (χ2v) is 7.76. The molecule has 0 saturated carbocycles. The molecule has 2 aromatic heterocycles. The average molecular weight is 460 g/mol. The molecule has 3 amide bonds. The lowest BCUT2D eigenvalue weighted by Crippen LogP contribution is -2.39. The number of carbonyl (C=O) groups excluding carboxylic acids is 3. The fraction of sp³-hybridized carbons (Fsp3) is 0.261. The van der Waals surface area contributed by atoms with E-state index in [1.165, 1.54) is 0 Å². The van der Waals surface area contributed by atoms with E-state index in [-0.39, 0.29) is 18.9 Å². The number of aryl methyl sites for hydroxylation is 2. The molecule has 3 N–H and O–H groups in total. The molecule has 1 aliphatic rings. The molecular formula is C23H24N8O3. The molecule has 4 rings (SSSR count). The molecule has 11 nitrogen and oxygen atoms in total. The van der Waals surface area contributed by atoms with Gasteiger partial charge in [0.1, 0.15) is 0 Å². The third-order valence-corrected chi connectivity index (χ3v) is 5.12. The third kappa shape index (κ3) is 5.31. The van der Waals surface area contributed by atoms with Crippen molar-refractivity contribution in [1.82, 2.24) is 30.2 Å². The van der Waals surface area contributed by atoms with Crippen molar-refractivity contribution in [3.05, 3.63) is 71.1 Å². The maximum atomic E-state index is 12.7. The molecule has 0 fully saturated rings. The Kier molecular flexibility index (Phi) is 6.72. The number of guanidine groups is 1. The number of nitrogens with zero attached hydrogens (tertiary/aromatic N) is 5. The van der Waals surface area contributed by atoms with Crippen LogP contribution in [0.4, 0.5) is 5.95 Å². The number of hydrogen-bond donors (Lipinski definition) is 3. The third-order valence-electron chi connectivity index (χ3n) is 5.12. The zero-order chi connectivity index (χ0) is 24.1. The molecule has 34 heavy (non-hydrogen) atoms. The molecule has 3 heterocycles. The minimum atomic E-state index is -0.409. The van der Waals surface area contributed by atoms with Gasteiger partial charge in [-0.05, 0) is 32.0 Å². The van der Waals surface area contributed by atoms with Gasteiger partial charge in [0, 0.05) is 49.2 Å². The Morgan fingerprint density at radius 3 is 2.38 bits per heavy atom. The first-order valence-corrected chi connectivity index (χ1v) is 10.8. The smallest absolute Gasteiger partial charge is 0.261 e. The molecule has 0 saturated heterocycles. The number of H-pyrrole nitrogens is 1. The van der Waals surface area contributed by atoms with Crippen molar-refractivity contribution >= 4 is 29.6 Å². The van der Waals surface area contributed by atoms with Gasteiger partial charge in [-0.3, -0.25) is 34.9 Å². The summed E-state index contributed by atoms with van der Waals surface area (Å²) in [4.78, 5) is 58.8. The zero-order valence-corrected chi connectivity index (χ0v) is 18.8. The fourth-order valence-corrected chi connectivity index (χ4v) is 3.56. The van der Waals surface area contributed by atoms with E-state index in [1.54, 1.807) is 36.8 Å². The van der Waals surface area contributed by atoms with Gasteiger partial charge in [0.15, 0.2) is 0 Å². The van der Waals surface area contributed by atoms with E-state index in [4.69, 9.17) is 0 Å². The zero-order valence-electron chi connectivity index (χ0n) is 18.8. The van der Waals surface area contributed by atoms with Crippen molar-refractivity contribution in [3.8, 4) is 0 Å². The lowest BCUT2D eigenvalue weighted by molar-refractivity contribution is -0.119. The van der Waals surface area contributed by atoms with Gasteiger partial charge in [-0.2, -0.15) is 0 Å². The molecule has 0 aliphatic carbocycles. The molecule has 1 aromatic carbocycles. The monoisotopic (exact) mass is 460 g/mol. The van der Waals surface area contributed by atoms with Crippen LogP contribution in [0.2, 0.25) is 0 Å². The number of amides is 3. The van der Waals surface area contributed by atoms with Crippen LogP contribution in [0.1, 0.15) is 44.2 Å². The Labute approximate surface area is 195 Å². The Bertz CT molecular complexity index is 1200. The second kappa shape index (κ2) is 10.0. The molecule has 0 bridgehead atoms. The second-order valence-electron chi connectivity index (χ2n) is 7.76. The van der Waals surface area contributed by atoms with Gasteiger partial charge < -0.3 is 4.98 Å². The minimum absolute atomic E-state index is 0.0420. The van der Waals surface area contributed by atoms with E-state index >= 15 is 0 Å². The number of fused-ring (bicyclic) bond motifs is 1. The summed E-state index contributed by atoms with van der Waals surface area (Å²) in [6, 6.07) is 8.45. The van der Waals surface area contributed by atoms with Gasteiger partial charge in [-0.1, -0.05) is 12.1 Å². The predicted molar refractivity (Wildman–Crippen MR) is 124 cm³/mol. The van der Waals surface area contributed by atoms with Crippen LogP contribution in [0.15, 0.2) is 47.8 Å². The highest BCUT2D eigenvalue weighted by Crippen LogP contribution is 2.22. The fourth-order valence-electron chi connectivity index (χ4n) is 3.56. The van der Waals surface area contributed by atoms with Crippen molar-refractivity contribution in [1.29, 1.82) is 0 Å². The summed E-state index contributed by atoms with van der Waals surface area (Å²) in [6.45, 7) is 4.01. The first-order valence-electron chi connectivity index (χ1n) is 10.8. The van der Waals surface area contributed by atoms with E-state index in [9.17, 15) is 14.4 Å². The highest BCUT2D eigenvalue weighted by atomic mass is 16.2. The van der Waals surface area contributed by atoms with Crippen LogP contribution in [0.25, 0.3) is 0 Å². The Morgan fingerprint density at radius 1 is 1.09 bits per heavy atom. The molecule has 1 aliphatic heterocycles. The maximum absolute atomic E-state index is 12.7. The number of rotatable bonds is 7. The first-order chi connectivity index (χ1) is 16.4. The van der Waals surface area contributed by atoms with Crippen molar-refractivity contribution in [2.24, 2.45) is 4.99 Å². The number of imide groups is 1. The predicted octanol–water partition coefficient (Wildman–Crippen LogP) is 1.63. The number of aliphatic imine (C=N–C) groups is 1. The number of imidazole rings is 1. The van der Waals surface area contributed by atoms with Crippen molar-refractivity contribution in [3.63, 3.8) is 0 Å². The van der Waals surface area contributed by atoms with E-state index in [2.05, 4.69) is 35.6 Å². The van der Waals surface area contributed by atoms with Crippen LogP contribution in [-0.4, -0.2) is 61.6 Å². The van der Waals surface area contributed by atoms with Crippen molar-refractivity contribution < 1.29 is 14.4 Å². The summed E-state index contributed by atoms with van der Waals surface area (Å²) >= 11 is 0. The van der Waals surface area contributed by atoms with Crippen LogP contribution in [0, 0.1) is 13.8 Å². The van der Waals surface area contributed by atoms with Crippen LogP contribution < -0.4 is 10.6 Å². The molecule has 11 heteroatoms. The first kappa shape index (κ1) is 22.8. The standard InChI is InChI=1S/C23H24N8O3/c1-14-11-15(2)28-23(27-14)30-22(25-9-7-16-12-24-13-26-16)29-19(32)8-10-31-20(33)17-5-3-4-6-18(17)21(31)34/h3-6,11-13H,7-10H2,1-2H3,(H,24,26)(H2,25,27,28,29,30,32). The minimum Gasteiger partial charge on any atom is -0.348 e. The Balaban J connectivity index is 1.41.